The maximum absolute atomic E-state index is 13.0. The minimum Gasteiger partial charge on any atom is -0.306 e. The zero-order valence-corrected chi connectivity index (χ0v) is 7.85. The Morgan fingerprint density at radius 3 is 2.50 bits per heavy atom. The summed E-state index contributed by atoms with van der Waals surface area (Å²) >= 11 is 5.07. The summed E-state index contributed by atoms with van der Waals surface area (Å²) in [7, 11) is 1.99. The van der Waals surface area contributed by atoms with Crippen molar-refractivity contribution in [3.8, 4) is 0 Å². The molecule has 0 aromatic carbocycles. The summed E-state index contributed by atoms with van der Waals surface area (Å²) in [6, 6.07) is 0. The van der Waals surface area contributed by atoms with Crippen LogP contribution in [0.1, 0.15) is 12.8 Å². The highest BCUT2D eigenvalue weighted by molar-refractivity contribution is 6.64. The van der Waals surface area contributed by atoms with E-state index in [1.165, 1.54) is 0 Å². The third-order valence-electron chi connectivity index (χ3n) is 2.39. The van der Waals surface area contributed by atoms with Crippen molar-refractivity contribution in [2.24, 2.45) is 5.92 Å². The van der Waals surface area contributed by atoms with E-state index in [-0.39, 0.29) is 5.92 Å². The Labute approximate surface area is 76.7 Å². The molecule has 1 aliphatic rings. The second-order valence-electron chi connectivity index (χ2n) is 3.35. The van der Waals surface area contributed by atoms with E-state index in [1.54, 1.807) is 0 Å². The van der Waals surface area contributed by atoms with Crippen molar-refractivity contribution in [2.75, 3.05) is 20.1 Å². The first kappa shape index (κ1) is 9.93. The zero-order valence-electron chi connectivity index (χ0n) is 7.09. The van der Waals surface area contributed by atoms with Crippen molar-refractivity contribution < 1.29 is 9.18 Å². The van der Waals surface area contributed by atoms with Gasteiger partial charge in [-0.25, -0.2) is 4.39 Å². The van der Waals surface area contributed by atoms with Crippen LogP contribution in [0.3, 0.4) is 0 Å². The Kier molecular flexibility index (Phi) is 3.47. The van der Waals surface area contributed by atoms with Gasteiger partial charge in [0, 0.05) is 5.92 Å². The lowest BCUT2D eigenvalue weighted by molar-refractivity contribution is -0.118. The van der Waals surface area contributed by atoms with E-state index in [9.17, 15) is 9.18 Å². The number of carbonyl (C=O) groups is 1. The zero-order chi connectivity index (χ0) is 9.14. The third kappa shape index (κ3) is 2.42. The highest BCUT2D eigenvalue weighted by Gasteiger charge is 2.29. The van der Waals surface area contributed by atoms with Crippen LogP contribution in [0.4, 0.5) is 4.39 Å². The molecule has 1 atom stereocenters. The summed E-state index contributed by atoms with van der Waals surface area (Å²) in [6.45, 7) is 1.71. The van der Waals surface area contributed by atoms with Gasteiger partial charge in [-0.05, 0) is 44.6 Å². The molecule has 0 saturated carbocycles. The van der Waals surface area contributed by atoms with Crippen molar-refractivity contribution in [2.45, 2.75) is 19.0 Å². The molecule has 1 rings (SSSR count). The second-order valence-corrected chi connectivity index (χ2v) is 3.72. The first-order valence-electron chi connectivity index (χ1n) is 4.13. The Morgan fingerprint density at radius 2 is 2.08 bits per heavy atom. The molecule has 0 aromatic heterocycles. The highest BCUT2D eigenvalue weighted by atomic mass is 35.5. The molecule has 12 heavy (non-hydrogen) atoms. The second kappa shape index (κ2) is 4.19. The van der Waals surface area contributed by atoms with Crippen LogP contribution in [0.25, 0.3) is 0 Å². The molecule has 1 fully saturated rings. The van der Waals surface area contributed by atoms with Gasteiger partial charge in [0.2, 0.25) is 0 Å². The van der Waals surface area contributed by atoms with E-state index >= 15 is 0 Å². The molecule has 0 radical (unpaired) electrons. The largest absolute Gasteiger partial charge is 0.306 e. The SMILES string of the molecule is CN1CCC(C(F)C(=O)Cl)CC1. The fourth-order valence-corrected chi connectivity index (χ4v) is 1.68. The van der Waals surface area contributed by atoms with Crippen LogP contribution in [-0.4, -0.2) is 36.5 Å². The van der Waals surface area contributed by atoms with Crippen molar-refractivity contribution in [3.05, 3.63) is 0 Å². The van der Waals surface area contributed by atoms with Gasteiger partial charge >= 0.3 is 0 Å². The van der Waals surface area contributed by atoms with E-state index in [1.807, 2.05) is 7.05 Å². The molecule has 0 amide bonds. The van der Waals surface area contributed by atoms with Crippen LogP contribution >= 0.6 is 11.6 Å². The van der Waals surface area contributed by atoms with Crippen LogP contribution in [-0.2, 0) is 4.79 Å². The normalized spacial score (nSPS) is 23.9. The Morgan fingerprint density at radius 1 is 1.58 bits per heavy atom. The standard InChI is InChI=1S/C8H13ClFNO/c1-11-4-2-6(3-5-11)7(10)8(9)12/h6-7H,2-5H2,1H3. The Hall–Kier alpha value is -0.150. The molecule has 70 valence electrons. The van der Waals surface area contributed by atoms with Crippen LogP contribution in [0, 0.1) is 5.92 Å². The fraction of sp³-hybridized carbons (Fsp3) is 0.875. The van der Waals surface area contributed by atoms with Gasteiger partial charge in [-0.2, -0.15) is 0 Å². The summed E-state index contributed by atoms with van der Waals surface area (Å²) in [4.78, 5) is 12.6. The molecule has 0 aromatic rings. The van der Waals surface area contributed by atoms with Crippen molar-refractivity contribution in [1.82, 2.24) is 4.90 Å². The minimum absolute atomic E-state index is 0.161. The first-order valence-corrected chi connectivity index (χ1v) is 4.51. The molecule has 0 aliphatic carbocycles. The molecule has 0 N–H and O–H groups in total. The van der Waals surface area contributed by atoms with Crippen LogP contribution < -0.4 is 0 Å². The fourth-order valence-electron chi connectivity index (χ4n) is 1.51. The quantitative estimate of drug-likeness (QED) is 0.619. The van der Waals surface area contributed by atoms with Gasteiger partial charge in [0.05, 0.1) is 0 Å². The number of rotatable bonds is 2. The summed E-state index contributed by atoms with van der Waals surface area (Å²) in [5.41, 5.74) is 0. The molecule has 2 nitrogen and oxygen atoms in total. The molecular weight excluding hydrogens is 181 g/mol. The van der Waals surface area contributed by atoms with Gasteiger partial charge in [0.1, 0.15) is 0 Å². The van der Waals surface area contributed by atoms with Crippen molar-refractivity contribution in [3.63, 3.8) is 0 Å². The average Bonchev–Trinajstić information content (AvgIpc) is 2.04. The molecule has 1 aliphatic heterocycles. The topological polar surface area (TPSA) is 20.3 Å². The lowest BCUT2D eigenvalue weighted by Gasteiger charge is -2.29. The smallest absolute Gasteiger partial charge is 0.256 e. The number of piperidine rings is 1. The molecular formula is C8H13ClFNO. The summed E-state index contributed by atoms with van der Waals surface area (Å²) < 4.78 is 13.0. The minimum atomic E-state index is -1.46. The highest BCUT2D eigenvalue weighted by Crippen LogP contribution is 2.23. The van der Waals surface area contributed by atoms with Crippen LogP contribution in [0.2, 0.25) is 0 Å². The van der Waals surface area contributed by atoms with Gasteiger partial charge in [-0.1, -0.05) is 0 Å². The van der Waals surface area contributed by atoms with E-state index in [0.29, 0.717) is 0 Å². The molecule has 4 heteroatoms. The molecule has 0 bridgehead atoms. The Bertz CT molecular complexity index is 168. The van der Waals surface area contributed by atoms with Gasteiger partial charge in [-0.15, -0.1) is 0 Å². The van der Waals surface area contributed by atoms with Gasteiger partial charge < -0.3 is 4.90 Å². The molecule has 1 heterocycles. The summed E-state index contributed by atoms with van der Waals surface area (Å²) in [5, 5.41) is -0.843. The maximum atomic E-state index is 13.0. The molecule has 1 saturated heterocycles. The third-order valence-corrected chi connectivity index (χ3v) is 2.60. The van der Waals surface area contributed by atoms with Crippen molar-refractivity contribution >= 4 is 16.8 Å². The number of likely N-dealkylation sites (tertiary alicyclic amines) is 1. The van der Waals surface area contributed by atoms with Crippen molar-refractivity contribution in [1.29, 1.82) is 0 Å². The number of carbonyl (C=O) groups excluding carboxylic acids is 1. The number of hydrogen-bond donors (Lipinski definition) is 0. The van der Waals surface area contributed by atoms with Crippen LogP contribution in [0.5, 0.6) is 0 Å². The number of nitrogens with zero attached hydrogens (tertiary/aromatic N) is 1. The van der Waals surface area contributed by atoms with Gasteiger partial charge in [-0.3, -0.25) is 4.79 Å². The Balaban J connectivity index is 2.39. The van der Waals surface area contributed by atoms with E-state index < -0.39 is 11.4 Å². The average molecular weight is 194 g/mol. The van der Waals surface area contributed by atoms with Gasteiger partial charge in [0.15, 0.2) is 6.17 Å². The first-order chi connectivity index (χ1) is 5.61. The maximum Gasteiger partial charge on any atom is 0.256 e. The van der Waals surface area contributed by atoms with E-state index in [2.05, 4.69) is 4.90 Å². The predicted octanol–water partition coefficient (Wildman–Crippen LogP) is 1.43. The number of alkyl halides is 1. The summed E-state index contributed by atoms with van der Waals surface area (Å²) in [5.74, 6) is -0.161. The van der Waals surface area contributed by atoms with Crippen LogP contribution in [0.15, 0.2) is 0 Å². The summed E-state index contributed by atoms with van der Waals surface area (Å²) in [6.07, 6.45) is 0.00654. The molecule has 1 unspecified atom stereocenters. The van der Waals surface area contributed by atoms with E-state index in [4.69, 9.17) is 11.6 Å². The van der Waals surface area contributed by atoms with E-state index in [0.717, 1.165) is 25.9 Å². The monoisotopic (exact) mass is 193 g/mol. The molecule has 0 spiro atoms. The number of hydrogen-bond acceptors (Lipinski definition) is 2. The lowest BCUT2D eigenvalue weighted by atomic mass is 9.93. The predicted molar refractivity (Wildman–Crippen MR) is 46.0 cm³/mol. The lowest BCUT2D eigenvalue weighted by Crippen LogP contribution is -2.35. The number of halogens is 2. The van der Waals surface area contributed by atoms with Gasteiger partial charge in [0.25, 0.3) is 5.24 Å².